The highest BCUT2D eigenvalue weighted by atomic mass is 32.2. The van der Waals surface area contributed by atoms with E-state index in [1.54, 1.807) is 11.8 Å². The quantitative estimate of drug-likeness (QED) is 0.783. The molecule has 5 heteroatoms. The van der Waals surface area contributed by atoms with E-state index in [9.17, 15) is 9.59 Å². The summed E-state index contributed by atoms with van der Waals surface area (Å²) in [5.74, 6) is 4.26. The van der Waals surface area contributed by atoms with Gasteiger partial charge in [0.1, 0.15) is 6.04 Å². The zero-order valence-electron chi connectivity index (χ0n) is 13.4. The zero-order valence-corrected chi connectivity index (χ0v) is 14.2. The molecular formula is C17H26N2O2S. The van der Waals surface area contributed by atoms with Crippen molar-refractivity contribution < 1.29 is 9.59 Å². The summed E-state index contributed by atoms with van der Waals surface area (Å²) < 4.78 is 0. The molecule has 5 aliphatic rings. The van der Waals surface area contributed by atoms with Crippen LogP contribution in [0.25, 0.3) is 0 Å². The molecule has 122 valence electrons. The van der Waals surface area contributed by atoms with Crippen LogP contribution >= 0.6 is 11.8 Å². The van der Waals surface area contributed by atoms with Crippen LogP contribution < -0.4 is 0 Å². The lowest BCUT2D eigenvalue weighted by Gasteiger charge is -2.39. The lowest BCUT2D eigenvalue weighted by molar-refractivity contribution is -0.145. The Bertz CT molecular complexity index is 469. The van der Waals surface area contributed by atoms with E-state index in [4.69, 9.17) is 0 Å². The third-order valence-electron chi connectivity index (χ3n) is 6.18. The average molecular weight is 322 g/mol. The van der Waals surface area contributed by atoms with Crippen molar-refractivity contribution >= 4 is 23.6 Å². The average Bonchev–Trinajstić information content (AvgIpc) is 2.91. The lowest BCUT2D eigenvalue weighted by Crippen LogP contribution is -2.52. The van der Waals surface area contributed by atoms with Gasteiger partial charge in [0.15, 0.2) is 0 Å². The van der Waals surface area contributed by atoms with Crippen molar-refractivity contribution in [2.24, 2.45) is 17.8 Å². The summed E-state index contributed by atoms with van der Waals surface area (Å²) in [6.07, 6.45) is 6.97. The molecule has 3 aliphatic heterocycles. The number of carbonyl (C=O) groups excluding carboxylic acids is 2. The molecule has 0 spiro atoms. The van der Waals surface area contributed by atoms with Crippen LogP contribution in [0.4, 0.5) is 0 Å². The normalized spacial score (nSPS) is 40.1. The maximum atomic E-state index is 13.2. The molecule has 2 saturated carbocycles. The number of hydrogen-bond donors (Lipinski definition) is 0. The standard InChI is InChI=1S/C17H26N2O2S/c1-2-16(20)19-10-22-9-15(19)17(21)18-8-13-4-11-3-12(5-13)7-14(18)6-11/h11-15H,2-10H2,1H3/t11-,12+,13?,14?,15-/m0/s1. The molecule has 5 atom stereocenters. The monoisotopic (exact) mass is 322 g/mol. The largest absolute Gasteiger partial charge is 0.338 e. The fourth-order valence-corrected chi connectivity index (χ4v) is 6.51. The van der Waals surface area contributed by atoms with Gasteiger partial charge in [0.05, 0.1) is 5.88 Å². The first-order valence-corrected chi connectivity index (χ1v) is 9.98. The first-order valence-electron chi connectivity index (χ1n) is 8.83. The van der Waals surface area contributed by atoms with E-state index in [0.29, 0.717) is 24.3 Å². The van der Waals surface area contributed by atoms with Gasteiger partial charge in [-0.2, -0.15) is 0 Å². The molecule has 0 aromatic heterocycles. The third kappa shape index (κ3) is 2.45. The molecule has 0 aromatic carbocycles. The summed E-state index contributed by atoms with van der Waals surface area (Å²) in [6.45, 7) is 2.84. The Hall–Kier alpha value is -0.710. The second-order valence-electron chi connectivity index (χ2n) is 7.65. The number of rotatable bonds is 2. The maximum Gasteiger partial charge on any atom is 0.246 e. The van der Waals surface area contributed by atoms with E-state index in [1.165, 1.54) is 32.1 Å². The van der Waals surface area contributed by atoms with Crippen molar-refractivity contribution in [2.75, 3.05) is 18.2 Å². The van der Waals surface area contributed by atoms with Gasteiger partial charge >= 0.3 is 0 Å². The van der Waals surface area contributed by atoms with Gasteiger partial charge in [-0.15, -0.1) is 11.8 Å². The van der Waals surface area contributed by atoms with Gasteiger partial charge < -0.3 is 9.80 Å². The van der Waals surface area contributed by atoms with Crippen LogP contribution in [0.3, 0.4) is 0 Å². The fourth-order valence-electron chi connectivity index (χ4n) is 5.34. The summed E-state index contributed by atoms with van der Waals surface area (Å²) in [4.78, 5) is 29.3. The van der Waals surface area contributed by atoms with Gasteiger partial charge in [0, 0.05) is 24.8 Å². The van der Waals surface area contributed by atoms with Gasteiger partial charge in [-0.3, -0.25) is 9.59 Å². The number of fused-ring (bicyclic) bond motifs is 1. The third-order valence-corrected chi connectivity index (χ3v) is 7.19. The highest BCUT2D eigenvalue weighted by Gasteiger charge is 2.46. The summed E-state index contributed by atoms with van der Waals surface area (Å²) >= 11 is 1.72. The van der Waals surface area contributed by atoms with Gasteiger partial charge in [-0.1, -0.05) is 6.92 Å². The van der Waals surface area contributed by atoms with Crippen LogP contribution in [0.5, 0.6) is 0 Å². The van der Waals surface area contributed by atoms with Crippen LogP contribution in [0.1, 0.15) is 45.4 Å². The van der Waals surface area contributed by atoms with Crippen LogP contribution in [-0.2, 0) is 9.59 Å². The minimum atomic E-state index is -0.201. The van der Waals surface area contributed by atoms with Crippen molar-refractivity contribution in [3.8, 4) is 0 Å². The molecule has 5 fully saturated rings. The Morgan fingerprint density at radius 3 is 2.36 bits per heavy atom. The number of carbonyl (C=O) groups is 2. The summed E-state index contributed by atoms with van der Waals surface area (Å²) in [5, 5.41) is 0. The van der Waals surface area contributed by atoms with Gasteiger partial charge in [-0.25, -0.2) is 0 Å². The Kier molecular flexibility index (Phi) is 3.87. The zero-order chi connectivity index (χ0) is 15.3. The number of amides is 2. The minimum Gasteiger partial charge on any atom is -0.338 e. The van der Waals surface area contributed by atoms with Gasteiger partial charge in [-0.05, 0) is 49.9 Å². The van der Waals surface area contributed by atoms with E-state index in [2.05, 4.69) is 4.90 Å². The van der Waals surface area contributed by atoms with E-state index >= 15 is 0 Å². The van der Waals surface area contributed by atoms with Crippen molar-refractivity contribution in [1.29, 1.82) is 0 Å². The second kappa shape index (κ2) is 5.73. The Morgan fingerprint density at radius 2 is 1.68 bits per heavy atom. The molecule has 0 aromatic rings. The predicted octanol–water partition coefficient (Wildman–Crippen LogP) is 2.33. The number of thioether (sulfide) groups is 1. The topological polar surface area (TPSA) is 40.6 Å². The minimum absolute atomic E-state index is 0.129. The Balaban J connectivity index is 1.53. The molecular weight excluding hydrogens is 296 g/mol. The Morgan fingerprint density at radius 1 is 1.00 bits per heavy atom. The molecule has 22 heavy (non-hydrogen) atoms. The Labute approximate surface area is 137 Å². The molecule has 0 N–H and O–H groups in total. The lowest BCUT2D eigenvalue weighted by atomic mass is 9.68. The van der Waals surface area contributed by atoms with Crippen LogP contribution in [-0.4, -0.2) is 51.9 Å². The van der Waals surface area contributed by atoms with Crippen LogP contribution in [0, 0.1) is 17.8 Å². The number of hydrogen-bond acceptors (Lipinski definition) is 3. The van der Waals surface area contributed by atoms with Crippen molar-refractivity contribution in [3.63, 3.8) is 0 Å². The summed E-state index contributed by atoms with van der Waals surface area (Å²) in [6, 6.07) is 0.251. The van der Waals surface area contributed by atoms with Crippen molar-refractivity contribution in [3.05, 3.63) is 0 Å². The number of nitrogens with zero attached hydrogens (tertiary/aromatic N) is 2. The summed E-state index contributed by atoms with van der Waals surface area (Å²) in [5.41, 5.74) is 0. The van der Waals surface area contributed by atoms with Crippen LogP contribution in [0.15, 0.2) is 0 Å². The second-order valence-corrected chi connectivity index (χ2v) is 8.65. The molecule has 3 saturated heterocycles. The molecule has 2 amide bonds. The van der Waals surface area contributed by atoms with Crippen molar-refractivity contribution in [1.82, 2.24) is 9.80 Å². The smallest absolute Gasteiger partial charge is 0.246 e. The van der Waals surface area contributed by atoms with E-state index < -0.39 is 0 Å². The highest BCUT2D eigenvalue weighted by molar-refractivity contribution is 7.99. The molecule has 0 radical (unpaired) electrons. The fraction of sp³-hybridized carbons (Fsp3) is 0.882. The van der Waals surface area contributed by atoms with Crippen molar-refractivity contribution in [2.45, 2.75) is 57.5 Å². The van der Waals surface area contributed by atoms with E-state index in [1.807, 2.05) is 11.8 Å². The molecule has 5 rings (SSSR count). The van der Waals surface area contributed by atoms with E-state index in [0.717, 1.165) is 24.1 Å². The SMILES string of the molecule is CCC(=O)N1CSC[C@H]1C(=O)N1CC2C[C@@H]3CC1C[C@H](C2)C3. The van der Waals surface area contributed by atoms with Gasteiger partial charge in [0.2, 0.25) is 11.8 Å². The molecule has 2 unspecified atom stereocenters. The summed E-state index contributed by atoms with van der Waals surface area (Å²) in [7, 11) is 0. The predicted molar refractivity (Wildman–Crippen MR) is 87.3 cm³/mol. The molecule has 2 aliphatic carbocycles. The molecule has 4 bridgehead atoms. The molecule has 4 nitrogen and oxygen atoms in total. The van der Waals surface area contributed by atoms with E-state index in [-0.39, 0.29) is 17.9 Å². The highest BCUT2D eigenvalue weighted by Crippen LogP contribution is 2.47. The van der Waals surface area contributed by atoms with Crippen LogP contribution in [0.2, 0.25) is 0 Å². The molecule has 3 heterocycles. The first kappa shape index (κ1) is 14.9. The van der Waals surface area contributed by atoms with Gasteiger partial charge in [0.25, 0.3) is 0 Å². The first-order chi connectivity index (χ1) is 10.7. The maximum absolute atomic E-state index is 13.2.